The summed E-state index contributed by atoms with van der Waals surface area (Å²) < 4.78 is 5.27. The molecule has 19 heavy (non-hydrogen) atoms. The molecule has 0 bridgehead atoms. The van der Waals surface area contributed by atoms with Gasteiger partial charge in [-0.15, -0.1) is 0 Å². The standard InChI is InChI=1S/C15H16N2O2/c1-4-11-5-6-13(19-3)14-12(11)9-17(15(14)18)8-10(2)7-16/h5-6H,2,4,8-9H2,1,3H3. The van der Waals surface area contributed by atoms with Crippen molar-refractivity contribution in [1.29, 1.82) is 5.26 Å². The van der Waals surface area contributed by atoms with Gasteiger partial charge in [-0.1, -0.05) is 19.6 Å². The van der Waals surface area contributed by atoms with Crippen molar-refractivity contribution < 1.29 is 9.53 Å². The highest BCUT2D eigenvalue weighted by atomic mass is 16.5. The number of methoxy groups -OCH3 is 1. The number of aryl methyl sites for hydroxylation is 1. The van der Waals surface area contributed by atoms with Crippen LogP contribution in [-0.4, -0.2) is 24.5 Å². The fourth-order valence-electron chi connectivity index (χ4n) is 2.40. The van der Waals surface area contributed by atoms with Crippen LogP contribution in [0.3, 0.4) is 0 Å². The molecule has 0 atom stereocenters. The van der Waals surface area contributed by atoms with E-state index in [9.17, 15) is 4.79 Å². The predicted molar refractivity (Wildman–Crippen MR) is 71.9 cm³/mol. The summed E-state index contributed by atoms with van der Waals surface area (Å²) in [7, 11) is 1.56. The zero-order valence-electron chi connectivity index (χ0n) is 11.2. The molecule has 1 aromatic carbocycles. The lowest BCUT2D eigenvalue weighted by atomic mass is 10.0. The van der Waals surface area contributed by atoms with Gasteiger partial charge in [-0.3, -0.25) is 4.79 Å². The van der Waals surface area contributed by atoms with Gasteiger partial charge in [0.15, 0.2) is 0 Å². The summed E-state index contributed by atoms with van der Waals surface area (Å²) in [5, 5.41) is 8.79. The van der Waals surface area contributed by atoms with Crippen LogP contribution in [0.25, 0.3) is 0 Å². The average molecular weight is 256 g/mol. The smallest absolute Gasteiger partial charge is 0.258 e. The highest BCUT2D eigenvalue weighted by molar-refractivity contribution is 6.01. The molecule has 0 saturated carbocycles. The number of amides is 1. The Balaban J connectivity index is 2.41. The monoisotopic (exact) mass is 256 g/mol. The van der Waals surface area contributed by atoms with Crippen LogP contribution in [0, 0.1) is 11.3 Å². The number of fused-ring (bicyclic) bond motifs is 1. The molecule has 0 aromatic heterocycles. The maximum Gasteiger partial charge on any atom is 0.258 e. The number of benzene rings is 1. The molecule has 1 aromatic rings. The minimum atomic E-state index is -0.0847. The molecule has 1 heterocycles. The molecule has 0 saturated heterocycles. The Kier molecular flexibility index (Phi) is 3.57. The van der Waals surface area contributed by atoms with Crippen LogP contribution >= 0.6 is 0 Å². The minimum absolute atomic E-state index is 0.0847. The number of nitrogens with zero attached hydrogens (tertiary/aromatic N) is 2. The summed E-state index contributed by atoms with van der Waals surface area (Å²) in [5.74, 6) is 0.515. The molecule has 1 aliphatic heterocycles. The van der Waals surface area contributed by atoms with Crippen molar-refractivity contribution in [2.45, 2.75) is 19.9 Å². The minimum Gasteiger partial charge on any atom is -0.496 e. The van der Waals surface area contributed by atoms with Gasteiger partial charge < -0.3 is 9.64 Å². The summed E-state index contributed by atoms with van der Waals surface area (Å²) in [6.45, 7) is 6.49. The van der Waals surface area contributed by atoms with Gasteiger partial charge in [-0.25, -0.2) is 0 Å². The maximum absolute atomic E-state index is 12.4. The quantitative estimate of drug-likeness (QED) is 0.777. The van der Waals surface area contributed by atoms with Gasteiger partial charge in [0.25, 0.3) is 5.91 Å². The number of carbonyl (C=O) groups excluding carboxylic acids is 1. The van der Waals surface area contributed by atoms with Crippen molar-refractivity contribution in [3.05, 3.63) is 41.0 Å². The van der Waals surface area contributed by atoms with E-state index in [0.717, 1.165) is 17.5 Å². The Morgan fingerprint density at radius 2 is 2.32 bits per heavy atom. The van der Waals surface area contributed by atoms with Crippen LogP contribution in [-0.2, 0) is 13.0 Å². The summed E-state index contributed by atoms with van der Waals surface area (Å²) in [6, 6.07) is 5.80. The fraction of sp³-hybridized carbons (Fsp3) is 0.333. The third-order valence-electron chi connectivity index (χ3n) is 3.36. The number of nitriles is 1. The average Bonchev–Trinajstić information content (AvgIpc) is 2.75. The Morgan fingerprint density at radius 1 is 1.58 bits per heavy atom. The number of ether oxygens (including phenoxy) is 1. The van der Waals surface area contributed by atoms with E-state index in [4.69, 9.17) is 10.00 Å². The SMILES string of the molecule is C=C(C#N)CN1Cc2c(CC)ccc(OC)c2C1=O. The third-order valence-corrected chi connectivity index (χ3v) is 3.36. The van der Waals surface area contributed by atoms with Crippen LogP contribution in [0.4, 0.5) is 0 Å². The summed E-state index contributed by atoms with van der Waals surface area (Å²) in [6.07, 6.45) is 0.868. The summed E-state index contributed by atoms with van der Waals surface area (Å²) >= 11 is 0. The van der Waals surface area contributed by atoms with Gasteiger partial charge in [0.1, 0.15) is 5.75 Å². The largest absolute Gasteiger partial charge is 0.496 e. The van der Waals surface area contributed by atoms with Gasteiger partial charge in [0.05, 0.1) is 25.3 Å². The van der Waals surface area contributed by atoms with Crippen LogP contribution in [0.1, 0.15) is 28.4 Å². The molecule has 2 rings (SSSR count). The van der Waals surface area contributed by atoms with Gasteiger partial charge >= 0.3 is 0 Å². The Hall–Kier alpha value is -2.28. The first-order valence-electron chi connectivity index (χ1n) is 6.18. The second-order valence-corrected chi connectivity index (χ2v) is 4.51. The van der Waals surface area contributed by atoms with Crippen molar-refractivity contribution in [1.82, 2.24) is 4.90 Å². The van der Waals surface area contributed by atoms with E-state index in [-0.39, 0.29) is 12.5 Å². The lowest BCUT2D eigenvalue weighted by Gasteiger charge is -2.14. The number of rotatable bonds is 4. The molecule has 1 aliphatic rings. The third kappa shape index (κ3) is 2.19. The number of hydrogen-bond donors (Lipinski definition) is 0. The van der Waals surface area contributed by atoms with E-state index in [1.807, 2.05) is 18.2 Å². The highest BCUT2D eigenvalue weighted by Crippen LogP contribution is 2.33. The second kappa shape index (κ2) is 5.15. The first-order valence-corrected chi connectivity index (χ1v) is 6.18. The first kappa shape index (κ1) is 13.2. The Bertz CT molecular complexity index is 585. The molecule has 0 N–H and O–H groups in total. The van der Waals surface area contributed by atoms with Crippen molar-refractivity contribution in [2.24, 2.45) is 0 Å². The number of carbonyl (C=O) groups is 1. The van der Waals surface area contributed by atoms with Gasteiger partial charge in [-0.05, 0) is 23.6 Å². The van der Waals surface area contributed by atoms with Crippen LogP contribution in [0.5, 0.6) is 5.75 Å². The van der Waals surface area contributed by atoms with Crippen LogP contribution < -0.4 is 4.74 Å². The molecule has 4 heteroatoms. The van der Waals surface area contributed by atoms with Crippen molar-refractivity contribution in [3.63, 3.8) is 0 Å². The zero-order valence-corrected chi connectivity index (χ0v) is 11.2. The fourth-order valence-corrected chi connectivity index (χ4v) is 2.40. The van der Waals surface area contributed by atoms with E-state index >= 15 is 0 Å². The molecule has 0 spiro atoms. The molecule has 98 valence electrons. The lowest BCUT2D eigenvalue weighted by Crippen LogP contribution is -2.25. The maximum atomic E-state index is 12.4. The number of hydrogen-bond acceptors (Lipinski definition) is 3. The molecule has 0 aliphatic carbocycles. The van der Waals surface area contributed by atoms with E-state index < -0.39 is 0 Å². The van der Waals surface area contributed by atoms with Crippen LogP contribution in [0.15, 0.2) is 24.3 Å². The van der Waals surface area contributed by atoms with Gasteiger partial charge in [-0.2, -0.15) is 5.26 Å². The zero-order chi connectivity index (χ0) is 14.0. The molecule has 1 amide bonds. The molecule has 4 nitrogen and oxygen atoms in total. The molecule has 0 fully saturated rings. The molecular formula is C15H16N2O2. The molecule has 0 radical (unpaired) electrons. The second-order valence-electron chi connectivity index (χ2n) is 4.51. The van der Waals surface area contributed by atoms with Gasteiger partial charge in [0.2, 0.25) is 0 Å². The topological polar surface area (TPSA) is 53.3 Å². The predicted octanol–water partition coefficient (Wildman–Crippen LogP) is 2.29. The normalized spacial score (nSPS) is 13.1. The summed E-state index contributed by atoms with van der Waals surface area (Å²) in [5.41, 5.74) is 3.18. The van der Waals surface area contributed by atoms with E-state index in [1.54, 1.807) is 12.0 Å². The van der Waals surface area contributed by atoms with E-state index in [1.165, 1.54) is 0 Å². The lowest BCUT2D eigenvalue weighted by molar-refractivity contribution is 0.0791. The van der Waals surface area contributed by atoms with E-state index in [2.05, 4.69) is 13.5 Å². The Labute approximate surface area is 112 Å². The van der Waals surface area contributed by atoms with Crippen LogP contribution in [0.2, 0.25) is 0 Å². The van der Waals surface area contributed by atoms with E-state index in [0.29, 0.717) is 23.4 Å². The van der Waals surface area contributed by atoms with Crippen molar-refractivity contribution >= 4 is 5.91 Å². The summed E-state index contributed by atoms with van der Waals surface area (Å²) in [4.78, 5) is 14.0. The van der Waals surface area contributed by atoms with Gasteiger partial charge in [0, 0.05) is 12.1 Å². The van der Waals surface area contributed by atoms with Crippen molar-refractivity contribution in [3.8, 4) is 11.8 Å². The first-order chi connectivity index (χ1) is 9.12. The molecular weight excluding hydrogens is 240 g/mol. The molecule has 0 unspecified atom stereocenters. The Morgan fingerprint density at radius 3 is 2.89 bits per heavy atom. The van der Waals surface area contributed by atoms with Crippen molar-refractivity contribution in [2.75, 3.05) is 13.7 Å². The highest BCUT2D eigenvalue weighted by Gasteiger charge is 2.32.